The second-order valence-electron chi connectivity index (χ2n) is 6.24. The molecule has 0 N–H and O–H groups in total. The Morgan fingerprint density at radius 1 is 0.680 bits per heavy atom. The van der Waals surface area contributed by atoms with Crippen molar-refractivity contribution in [3.8, 4) is 0 Å². The predicted molar refractivity (Wildman–Crippen MR) is 98.5 cm³/mol. The summed E-state index contributed by atoms with van der Waals surface area (Å²) in [7, 11) is 0. The first-order chi connectivity index (χ1) is 10.9. The molecule has 25 heavy (non-hydrogen) atoms. The van der Waals surface area contributed by atoms with Crippen LogP contribution in [-0.4, -0.2) is 0 Å². The van der Waals surface area contributed by atoms with Crippen LogP contribution >= 0.6 is 0 Å². The van der Waals surface area contributed by atoms with Crippen LogP contribution in [-0.2, 0) is 21.7 Å². The first-order valence-corrected chi connectivity index (χ1v) is 9.39. The Labute approximate surface area is 184 Å². The fraction of sp³-hybridized carbons (Fsp3) is 0.636. The first kappa shape index (κ1) is 30.0. The summed E-state index contributed by atoms with van der Waals surface area (Å²) in [4.78, 5) is 0. The van der Waals surface area contributed by atoms with E-state index in [1.807, 2.05) is 0 Å². The number of halogens is 2. The van der Waals surface area contributed by atoms with Gasteiger partial charge in [-0.3, -0.25) is 12.2 Å². The second kappa shape index (κ2) is 22.3. The molecule has 0 aromatic carbocycles. The van der Waals surface area contributed by atoms with Crippen LogP contribution in [0.4, 0.5) is 0 Å². The third-order valence-electron chi connectivity index (χ3n) is 4.13. The van der Waals surface area contributed by atoms with Crippen LogP contribution in [0.2, 0.25) is 0 Å². The molecule has 0 aliphatic heterocycles. The summed E-state index contributed by atoms with van der Waals surface area (Å²) >= 11 is 0. The zero-order valence-electron chi connectivity index (χ0n) is 16.1. The summed E-state index contributed by atoms with van der Waals surface area (Å²) < 4.78 is 0. The minimum atomic E-state index is 0. The standard InChI is InChI=1S/2C11H17.2ClH.Ti/c2*1-2-3-4-5-8-11-9-6-7-10-11;;;/h2*6,9H,2-5,7-8H2,1H3;2*1H;/q2*-1;;;+4/p-2. The number of hydrogen-bond acceptors (Lipinski definition) is 0. The van der Waals surface area contributed by atoms with Gasteiger partial charge in [0, 0.05) is 0 Å². The Balaban J connectivity index is -0.000000346. The molecule has 0 aromatic rings. The summed E-state index contributed by atoms with van der Waals surface area (Å²) in [6.07, 6.45) is 31.0. The minimum Gasteiger partial charge on any atom is -1.00 e. The molecule has 0 nitrogen and oxygen atoms in total. The van der Waals surface area contributed by atoms with Gasteiger partial charge in [0.15, 0.2) is 0 Å². The molecular formula is C22H34Cl2Ti. The zero-order chi connectivity index (χ0) is 15.9. The molecule has 2 aliphatic rings. The third-order valence-corrected chi connectivity index (χ3v) is 4.13. The van der Waals surface area contributed by atoms with Crippen molar-refractivity contribution in [1.29, 1.82) is 0 Å². The number of unbranched alkanes of at least 4 members (excludes halogenated alkanes) is 6. The van der Waals surface area contributed by atoms with Crippen molar-refractivity contribution in [2.45, 2.75) is 90.9 Å². The van der Waals surface area contributed by atoms with Crippen LogP contribution in [0.1, 0.15) is 90.9 Å². The molecule has 0 radical (unpaired) electrons. The van der Waals surface area contributed by atoms with Crippen LogP contribution < -0.4 is 24.8 Å². The predicted octanol–water partition coefficient (Wildman–Crippen LogP) is 1.30. The van der Waals surface area contributed by atoms with Crippen LogP contribution in [0, 0.1) is 12.2 Å². The molecule has 0 heterocycles. The fourth-order valence-corrected chi connectivity index (χ4v) is 2.73. The summed E-state index contributed by atoms with van der Waals surface area (Å²) in [6.45, 7) is 4.50. The Morgan fingerprint density at radius 3 is 1.36 bits per heavy atom. The van der Waals surface area contributed by atoms with Gasteiger partial charge in [0.2, 0.25) is 0 Å². The third kappa shape index (κ3) is 17.4. The molecule has 0 fully saturated rings. The maximum Gasteiger partial charge on any atom is 4.00 e. The van der Waals surface area contributed by atoms with Gasteiger partial charge in [-0.25, -0.2) is 23.3 Å². The molecule has 0 atom stereocenters. The SMILES string of the molecule is CCCCCCC1=[C-]CC=C1.CCCCCCC1=[C-]CC=C1.[Cl-].[Cl-].[Ti+4]. The van der Waals surface area contributed by atoms with Crippen molar-refractivity contribution in [3.05, 3.63) is 47.6 Å². The van der Waals surface area contributed by atoms with Crippen LogP contribution in [0.5, 0.6) is 0 Å². The molecule has 0 amide bonds. The van der Waals surface area contributed by atoms with Crippen molar-refractivity contribution in [2.24, 2.45) is 0 Å². The molecule has 2 aliphatic carbocycles. The number of hydrogen-bond donors (Lipinski definition) is 0. The van der Waals surface area contributed by atoms with E-state index in [4.69, 9.17) is 0 Å². The van der Waals surface area contributed by atoms with E-state index in [-0.39, 0.29) is 46.5 Å². The van der Waals surface area contributed by atoms with Gasteiger partial charge in [-0.2, -0.15) is 12.2 Å². The van der Waals surface area contributed by atoms with E-state index >= 15 is 0 Å². The number of rotatable bonds is 10. The van der Waals surface area contributed by atoms with E-state index in [0.717, 1.165) is 12.8 Å². The van der Waals surface area contributed by atoms with Gasteiger partial charge < -0.3 is 24.8 Å². The average Bonchev–Trinajstić information content (AvgIpc) is 3.22. The molecule has 2 rings (SSSR count). The van der Waals surface area contributed by atoms with Gasteiger partial charge in [0.1, 0.15) is 0 Å². The Bertz CT molecular complexity index is 357. The van der Waals surface area contributed by atoms with Gasteiger partial charge in [-0.15, -0.1) is 12.8 Å². The van der Waals surface area contributed by atoms with Crippen LogP contribution in [0.15, 0.2) is 35.5 Å². The summed E-state index contributed by atoms with van der Waals surface area (Å²) in [5, 5.41) is 0. The molecule has 3 heteroatoms. The maximum atomic E-state index is 3.34. The first-order valence-electron chi connectivity index (χ1n) is 9.39. The average molecular weight is 417 g/mol. The number of allylic oxidation sites excluding steroid dienone is 8. The molecule has 140 valence electrons. The van der Waals surface area contributed by atoms with E-state index in [1.165, 1.54) is 75.4 Å². The Kier molecular flexibility index (Phi) is 26.8. The van der Waals surface area contributed by atoms with Crippen molar-refractivity contribution in [2.75, 3.05) is 0 Å². The van der Waals surface area contributed by atoms with E-state index in [0.29, 0.717) is 0 Å². The molecule has 0 bridgehead atoms. The summed E-state index contributed by atoms with van der Waals surface area (Å²) in [6, 6.07) is 0. The van der Waals surface area contributed by atoms with Gasteiger partial charge >= 0.3 is 21.7 Å². The largest absolute Gasteiger partial charge is 4.00 e. The summed E-state index contributed by atoms with van der Waals surface area (Å²) in [5.74, 6) is 0. The Hall–Kier alpha value is 0.254. The quantitative estimate of drug-likeness (QED) is 0.286. The molecule has 0 saturated carbocycles. The van der Waals surface area contributed by atoms with E-state index in [1.54, 1.807) is 0 Å². The van der Waals surface area contributed by atoms with Crippen LogP contribution in [0.25, 0.3) is 0 Å². The van der Waals surface area contributed by atoms with E-state index in [2.05, 4.69) is 50.3 Å². The maximum absolute atomic E-state index is 3.34. The molecule has 0 saturated heterocycles. The zero-order valence-corrected chi connectivity index (χ0v) is 19.1. The molecule has 0 aromatic heterocycles. The van der Waals surface area contributed by atoms with Crippen LogP contribution in [0.3, 0.4) is 0 Å². The normalized spacial score (nSPS) is 13.7. The van der Waals surface area contributed by atoms with Gasteiger partial charge in [0.25, 0.3) is 0 Å². The monoisotopic (exact) mass is 416 g/mol. The van der Waals surface area contributed by atoms with Crippen molar-refractivity contribution in [1.82, 2.24) is 0 Å². The molecule has 0 spiro atoms. The second-order valence-corrected chi connectivity index (χ2v) is 6.24. The van der Waals surface area contributed by atoms with E-state index in [9.17, 15) is 0 Å². The smallest absolute Gasteiger partial charge is 1.00 e. The van der Waals surface area contributed by atoms with E-state index < -0.39 is 0 Å². The van der Waals surface area contributed by atoms with Gasteiger partial charge in [0.05, 0.1) is 0 Å². The fourth-order valence-electron chi connectivity index (χ4n) is 2.73. The molecule has 0 unspecified atom stereocenters. The Morgan fingerprint density at radius 2 is 1.08 bits per heavy atom. The topological polar surface area (TPSA) is 0 Å². The summed E-state index contributed by atoms with van der Waals surface area (Å²) in [5.41, 5.74) is 2.86. The van der Waals surface area contributed by atoms with Crippen molar-refractivity contribution in [3.63, 3.8) is 0 Å². The molecular weight excluding hydrogens is 383 g/mol. The van der Waals surface area contributed by atoms with Gasteiger partial charge in [-0.1, -0.05) is 78.1 Å². The van der Waals surface area contributed by atoms with Crippen molar-refractivity contribution >= 4 is 0 Å². The van der Waals surface area contributed by atoms with Crippen molar-refractivity contribution < 1.29 is 46.5 Å². The van der Waals surface area contributed by atoms with Gasteiger partial charge in [-0.05, 0) is 0 Å². The minimum absolute atomic E-state index is 0.